The summed E-state index contributed by atoms with van der Waals surface area (Å²) in [6, 6.07) is 14.4. The zero-order chi connectivity index (χ0) is 25.5. The second-order valence-corrected chi connectivity index (χ2v) is 9.02. The highest BCUT2D eigenvalue weighted by molar-refractivity contribution is 5.93. The van der Waals surface area contributed by atoms with Crippen LogP contribution in [-0.4, -0.2) is 58.5 Å². The predicted octanol–water partition coefficient (Wildman–Crippen LogP) is 2.16. The summed E-state index contributed by atoms with van der Waals surface area (Å²) in [5.74, 6) is -2.14. The molecule has 1 heterocycles. The number of azide groups is 1. The molecule has 1 aliphatic rings. The Kier molecular flexibility index (Phi) is 8.46. The fourth-order valence-corrected chi connectivity index (χ4v) is 4.19. The highest BCUT2D eigenvalue weighted by atomic mass is 16.3. The third kappa shape index (κ3) is 6.38. The van der Waals surface area contributed by atoms with Gasteiger partial charge >= 0.3 is 0 Å². The lowest BCUT2D eigenvalue weighted by Crippen LogP contribution is -2.54. The summed E-state index contributed by atoms with van der Waals surface area (Å²) in [6.45, 7) is 3.39. The number of aliphatic hydroxyl groups is 1. The first-order valence-electron chi connectivity index (χ1n) is 11.5. The molecule has 4 N–H and O–H groups in total. The van der Waals surface area contributed by atoms with Gasteiger partial charge in [0.1, 0.15) is 18.1 Å². The number of aliphatic hydroxyl groups excluding tert-OH is 1. The normalized spacial score (nSPS) is 19.0. The van der Waals surface area contributed by atoms with Crippen molar-refractivity contribution in [3.8, 4) is 11.1 Å². The number of benzene rings is 2. The van der Waals surface area contributed by atoms with E-state index in [1.807, 2.05) is 54.6 Å². The van der Waals surface area contributed by atoms with E-state index in [-0.39, 0.29) is 25.3 Å². The number of rotatable bonds is 9. The van der Waals surface area contributed by atoms with Crippen molar-refractivity contribution in [2.45, 2.75) is 50.9 Å². The molecule has 10 heteroatoms. The Morgan fingerprint density at radius 2 is 1.77 bits per heavy atom. The van der Waals surface area contributed by atoms with E-state index in [0.717, 1.165) is 16.7 Å². The van der Waals surface area contributed by atoms with E-state index in [4.69, 9.17) is 11.3 Å². The number of nitrogens with two attached hydrogens (primary N) is 1. The molecular formula is C25H30N6O4. The summed E-state index contributed by atoms with van der Waals surface area (Å²) in [7, 11) is 0. The Bertz CT molecular complexity index is 1100. The zero-order valence-corrected chi connectivity index (χ0v) is 19.7. The minimum absolute atomic E-state index is 0.00983. The molecule has 0 spiro atoms. The van der Waals surface area contributed by atoms with Gasteiger partial charge in [-0.25, -0.2) is 0 Å². The number of amides is 3. The molecule has 1 aliphatic heterocycles. The molecule has 10 nitrogen and oxygen atoms in total. The fourth-order valence-electron chi connectivity index (χ4n) is 4.19. The standard InChI is InChI=1S/C25H30N6O4/c1-15(2)22(29-30-27)25(35)31-14-19(32)13-21(31)24(34)28-20(23(26)33)12-16-8-10-18(11-9-16)17-6-4-3-5-7-17/h3-11,15,19-22,32H,12-14H2,1-2H3,(H2,26,33)(H,28,34)/t19-,20-,21+,22+/m1/s1. The van der Waals surface area contributed by atoms with Crippen LogP contribution in [0, 0.1) is 5.92 Å². The molecule has 4 atom stereocenters. The minimum atomic E-state index is -1.00. The molecule has 1 saturated heterocycles. The molecular weight excluding hydrogens is 448 g/mol. The summed E-state index contributed by atoms with van der Waals surface area (Å²) in [5.41, 5.74) is 17.3. The Hall–Kier alpha value is -3.88. The van der Waals surface area contributed by atoms with Crippen molar-refractivity contribution in [3.05, 3.63) is 70.6 Å². The second kappa shape index (κ2) is 11.5. The van der Waals surface area contributed by atoms with Crippen LogP contribution in [0.5, 0.6) is 0 Å². The third-order valence-electron chi connectivity index (χ3n) is 6.09. The number of carbonyl (C=O) groups excluding carboxylic acids is 3. The number of hydrogen-bond donors (Lipinski definition) is 3. The summed E-state index contributed by atoms with van der Waals surface area (Å²) in [6.07, 6.45) is -0.728. The van der Waals surface area contributed by atoms with Gasteiger partial charge in [-0.1, -0.05) is 73.6 Å². The molecule has 2 aromatic rings. The van der Waals surface area contributed by atoms with Crippen molar-refractivity contribution < 1.29 is 19.5 Å². The SMILES string of the molecule is CC(C)[C@H](N=[N+]=[N-])C(=O)N1C[C@H](O)C[C@H]1C(=O)N[C@H](Cc1ccc(-c2ccccc2)cc1)C(N)=O. The van der Waals surface area contributed by atoms with Crippen LogP contribution in [0.25, 0.3) is 21.6 Å². The molecule has 35 heavy (non-hydrogen) atoms. The number of nitrogens with zero attached hydrogens (tertiary/aromatic N) is 4. The molecule has 0 unspecified atom stereocenters. The smallest absolute Gasteiger partial charge is 0.243 e. The van der Waals surface area contributed by atoms with Gasteiger partial charge in [0, 0.05) is 24.3 Å². The number of primary amides is 1. The molecule has 0 aromatic heterocycles. The van der Waals surface area contributed by atoms with E-state index >= 15 is 0 Å². The number of β-amino-alcohol motifs (C(OH)–C–C–N with tert-alkyl or cyclic N) is 1. The van der Waals surface area contributed by atoms with Crippen molar-refractivity contribution in [3.63, 3.8) is 0 Å². The Morgan fingerprint density at radius 3 is 2.34 bits per heavy atom. The monoisotopic (exact) mass is 478 g/mol. The number of likely N-dealkylation sites (tertiary alicyclic amines) is 1. The van der Waals surface area contributed by atoms with E-state index in [2.05, 4.69) is 15.3 Å². The topological polar surface area (TPSA) is 161 Å². The highest BCUT2D eigenvalue weighted by Crippen LogP contribution is 2.23. The molecule has 0 saturated carbocycles. The van der Waals surface area contributed by atoms with Gasteiger partial charge in [-0.05, 0) is 28.1 Å². The van der Waals surface area contributed by atoms with Gasteiger partial charge in [0.25, 0.3) is 0 Å². The lowest BCUT2D eigenvalue weighted by molar-refractivity contribution is -0.140. The van der Waals surface area contributed by atoms with E-state index in [1.165, 1.54) is 4.90 Å². The lowest BCUT2D eigenvalue weighted by atomic mass is 10.00. The van der Waals surface area contributed by atoms with Crippen LogP contribution in [0.15, 0.2) is 59.7 Å². The largest absolute Gasteiger partial charge is 0.391 e. The van der Waals surface area contributed by atoms with Crippen molar-refractivity contribution in [1.82, 2.24) is 10.2 Å². The van der Waals surface area contributed by atoms with Crippen molar-refractivity contribution in [2.24, 2.45) is 16.8 Å². The quantitative estimate of drug-likeness (QED) is 0.286. The zero-order valence-electron chi connectivity index (χ0n) is 19.7. The van der Waals surface area contributed by atoms with Gasteiger partial charge in [0.2, 0.25) is 17.7 Å². The summed E-state index contributed by atoms with van der Waals surface area (Å²) in [4.78, 5) is 42.1. The maximum absolute atomic E-state index is 13.1. The van der Waals surface area contributed by atoms with E-state index in [1.54, 1.807) is 13.8 Å². The average molecular weight is 479 g/mol. The molecule has 1 fully saturated rings. The molecule has 0 radical (unpaired) electrons. The van der Waals surface area contributed by atoms with Gasteiger partial charge in [-0.3, -0.25) is 14.4 Å². The first-order valence-corrected chi connectivity index (χ1v) is 11.5. The number of nitrogens with one attached hydrogen (secondary N) is 1. The van der Waals surface area contributed by atoms with Gasteiger partial charge in [-0.15, -0.1) is 0 Å². The van der Waals surface area contributed by atoms with Gasteiger partial charge < -0.3 is 21.1 Å². The second-order valence-electron chi connectivity index (χ2n) is 9.02. The molecule has 184 valence electrons. The van der Waals surface area contributed by atoms with E-state index in [9.17, 15) is 19.5 Å². The maximum Gasteiger partial charge on any atom is 0.243 e. The average Bonchev–Trinajstić information content (AvgIpc) is 3.24. The van der Waals surface area contributed by atoms with Crippen LogP contribution < -0.4 is 11.1 Å². The van der Waals surface area contributed by atoms with Crippen molar-refractivity contribution in [1.29, 1.82) is 0 Å². The maximum atomic E-state index is 13.1. The third-order valence-corrected chi connectivity index (χ3v) is 6.09. The highest BCUT2D eigenvalue weighted by Gasteiger charge is 2.42. The van der Waals surface area contributed by atoms with Crippen LogP contribution in [-0.2, 0) is 20.8 Å². The Morgan fingerprint density at radius 1 is 1.14 bits per heavy atom. The van der Waals surface area contributed by atoms with Gasteiger partial charge in [0.15, 0.2) is 0 Å². The van der Waals surface area contributed by atoms with Gasteiger partial charge in [-0.2, -0.15) is 0 Å². The fraction of sp³-hybridized carbons (Fsp3) is 0.400. The van der Waals surface area contributed by atoms with Crippen LogP contribution in [0.2, 0.25) is 0 Å². The molecule has 0 bridgehead atoms. The van der Waals surface area contributed by atoms with Crippen LogP contribution in [0.3, 0.4) is 0 Å². The van der Waals surface area contributed by atoms with Crippen molar-refractivity contribution in [2.75, 3.05) is 6.54 Å². The minimum Gasteiger partial charge on any atom is -0.391 e. The summed E-state index contributed by atoms with van der Waals surface area (Å²) < 4.78 is 0. The van der Waals surface area contributed by atoms with Crippen molar-refractivity contribution >= 4 is 17.7 Å². The van der Waals surface area contributed by atoms with Crippen LogP contribution >= 0.6 is 0 Å². The van der Waals surface area contributed by atoms with E-state index < -0.39 is 42.0 Å². The first-order chi connectivity index (χ1) is 16.7. The van der Waals surface area contributed by atoms with Gasteiger partial charge in [0.05, 0.1) is 6.10 Å². The Balaban J connectivity index is 1.72. The summed E-state index contributed by atoms with van der Waals surface area (Å²) in [5, 5.41) is 16.3. The van der Waals surface area contributed by atoms with E-state index in [0.29, 0.717) is 0 Å². The summed E-state index contributed by atoms with van der Waals surface area (Å²) >= 11 is 0. The molecule has 3 amide bonds. The van der Waals surface area contributed by atoms with Crippen LogP contribution in [0.4, 0.5) is 0 Å². The number of carbonyl (C=O) groups is 3. The number of hydrogen-bond acceptors (Lipinski definition) is 5. The van der Waals surface area contributed by atoms with Crippen LogP contribution in [0.1, 0.15) is 25.8 Å². The molecule has 2 aromatic carbocycles. The molecule has 3 rings (SSSR count). The Labute approximate surface area is 203 Å². The first kappa shape index (κ1) is 25.7. The predicted molar refractivity (Wildman–Crippen MR) is 131 cm³/mol. The molecule has 0 aliphatic carbocycles. The lowest BCUT2D eigenvalue weighted by Gasteiger charge is -2.28.